The second-order valence-electron chi connectivity index (χ2n) is 5.74. The maximum absolute atomic E-state index is 12.6. The minimum absolute atomic E-state index is 0.262. The van der Waals surface area contributed by atoms with Crippen LogP contribution >= 0.6 is 27.5 Å². The summed E-state index contributed by atoms with van der Waals surface area (Å²) in [5.41, 5.74) is 1.06. The quantitative estimate of drug-likeness (QED) is 0.609. The monoisotopic (exact) mass is 434 g/mol. The molecule has 0 spiro atoms. The molecule has 0 aliphatic rings. The molecule has 0 fully saturated rings. The lowest BCUT2D eigenvalue weighted by Crippen LogP contribution is -2.22. The van der Waals surface area contributed by atoms with E-state index in [4.69, 9.17) is 16.3 Å². The number of ether oxygens (including phenoxy) is 1. The van der Waals surface area contributed by atoms with Crippen molar-refractivity contribution in [2.24, 2.45) is 0 Å². The largest absolute Gasteiger partial charge is 0.465 e. The highest BCUT2D eigenvalue weighted by molar-refractivity contribution is 9.10. The van der Waals surface area contributed by atoms with Crippen molar-refractivity contribution in [3.05, 3.63) is 73.6 Å². The fourth-order valence-electron chi connectivity index (χ4n) is 2.84. The number of H-pyrrole nitrogens is 1. The van der Waals surface area contributed by atoms with Crippen LogP contribution in [0, 0.1) is 0 Å². The van der Waals surface area contributed by atoms with E-state index in [-0.39, 0.29) is 12.2 Å². The smallest absolute Gasteiger partial charge is 0.315 e. The van der Waals surface area contributed by atoms with E-state index in [1.165, 1.54) is 0 Å². The lowest BCUT2D eigenvalue weighted by Gasteiger charge is -2.17. The topological polar surface area (TPSA) is 72.0 Å². The van der Waals surface area contributed by atoms with Crippen LogP contribution in [0.3, 0.4) is 0 Å². The van der Waals surface area contributed by atoms with E-state index in [2.05, 4.69) is 26.1 Å². The van der Waals surface area contributed by atoms with Crippen molar-refractivity contribution in [1.29, 1.82) is 0 Å². The second-order valence-corrected chi connectivity index (χ2v) is 7.00. The Morgan fingerprint density at radius 3 is 2.69 bits per heavy atom. The normalized spacial score (nSPS) is 12.1. The third kappa shape index (κ3) is 3.81. The molecule has 1 aromatic heterocycles. The molecule has 0 aliphatic carbocycles. The van der Waals surface area contributed by atoms with E-state index in [0.29, 0.717) is 27.9 Å². The van der Waals surface area contributed by atoms with Crippen molar-refractivity contribution >= 4 is 44.3 Å². The number of halogens is 2. The van der Waals surface area contributed by atoms with Gasteiger partial charge in [0.05, 0.1) is 22.7 Å². The average Bonchev–Trinajstić information content (AvgIpc) is 2.64. The molecule has 5 nitrogen and oxygen atoms in total. The van der Waals surface area contributed by atoms with Gasteiger partial charge in [0.25, 0.3) is 5.56 Å². The fraction of sp³-hybridized carbons (Fsp3) is 0.211. The van der Waals surface area contributed by atoms with Crippen LogP contribution in [0.1, 0.15) is 24.1 Å². The molecule has 0 saturated heterocycles. The van der Waals surface area contributed by atoms with Crippen molar-refractivity contribution in [2.75, 3.05) is 6.61 Å². The summed E-state index contributed by atoms with van der Waals surface area (Å²) in [5.74, 6) is -1.05. The highest BCUT2D eigenvalue weighted by Crippen LogP contribution is 2.29. The third-order valence-corrected chi connectivity index (χ3v) is 5.28. The lowest BCUT2D eigenvalue weighted by molar-refractivity contribution is -0.145. The van der Waals surface area contributed by atoms with Gasteiger partial charge in [0.2, 0.25) is 0 Å². The molecule has 0 aliphatic heterocycles. The lowest BCUT2D eigenvalue weighted by atomic mass is 9.93. The Bertz CT molecular complexity index is 1020. The molecule has 3 rings (SSSR count). The van der Waals surface area contributed by atoms with E-state index in [9.17, 15) is 9.59 Å². The highest BCUT2D eigenvalue weighted by atomic mass is 79.9. The summed E-state index contributed by atoms with van der Waals surface area (Å²) in [5, 5.41) is 8.33. The Labute approximate surface area is 163 Å². The summed E-state index contributed by atoms with van der Waals surface area (Å²) in [6.45, 7) is 2.02. The maximum Gasteiger partial charge on any atom is 0.315 e. The number of aromatic nitrogens is 2. The molecule has 0 amide bonds. The van der Waals surface area contributed by atoms with Crippen LogP contribution in [0.15, 0.2) is 51.7 Å². The maximum atomic E-state index is 12.6. The molecular weight excluding hydrogens is 420 g/mol. The van der Waals surface area contributed by atoms with Crippen LogP contribution in [0.25, 0.3) is 10.8 Å². The van der Waals surface area contributed by atoms with Crippen molar-refractivity contribution in [2.45, 2.75) is 19.3 Å². The number of benzene rings is 2. The average molecular weight is 436 g/mol. The minimum Gasteiger partial charge on any atom is -0.465 e. The van der Waals surface area contributed by atoms with Crippen LogP contribution < -0.4 is 5.56 Å². The molecule has 2 aromatic carbocycles. The first-order valence-corrected chi connectivity index (χ1v) is 9.26. The van der Waals surface area contributed by atoms with Crippen LogP contribution in [-0.2, 0) is 16.0 Å². The molecule has 1 N–H and O–H groups in total. The van der Waals surface area contributed by atoms with Crippen LogP contribution in [0.4, 0.5) is 0 Å². The first-order chi connectivity index (χ1) is 12.5. The zero-order valence-corrected chi connectivity index (χ0v) is 16.3. The predicted octanol–water partition coefficient (Wildman–Crippen LogP) is 4.23. The molecule has 0 saturated carbocycles. The number of carbonyl (C=O) groups excluding carboxylic acids is 1. The summed E-state index contributed by atoms with van der Waals surface area (Å²) in [7, 11) is 0. The molecule has 0 radical (unpaired) electrons. The number of hydrogen-bond acceptors (Lipinski definition) is 4. The van der Waals surface area contributed by atoms with Gasteiger partial charge < -0.3 is 4.74 Å². The molecule has 1 heterocycles. The number of esters is 1. The zero-order valence-electron chi connectivity index (χ0n) is 14.0. The van der Waals surface area contributed by atoms with E-state index in [0.717, 1.165) is 10.0 Å². The Morgan fingerprint density at radius 2 is 2.00 bits per heavy atom. The molecule has 3 aromatic rings. The van der Waals surface area contributed by atoms with E-state index >= 15 is 0 Å². The summed E-state index contributed by atoms with van der Waals surface area (Å²) >= 11 is 9.53. The van der Waals surface area contributed by atoms with Gasteiger partial charge >= 0.3 is 5.97 Å². The van der Waals surface area contributed by atoms with Gasteiger partial charge in [0.1, 0.15) is 5.92 Å². The Hall–Kier alpha value is -2.18. The number of rotatable bonds is 5. The molecule has 134 valence electrons. The standard InChI is InChI=1S/C19H16BrClN2O3/c1-2-26-19(25)14(9-11-7-8-15(20)16(21)10-11)17-12-5-3-4-6-13(12)18(24)23-22-17/h3-8,10,14H,2,9H2,1H3,(H,23,24). The number of fused-ring (bicyclic) bond motifs is 1. The molecule has 1 atom stereocenters. The first kappa shape index (κ1) is 18.6. The highest BCUT2D eigenvalue weighted by Gasteiger charge is 2.27. The van der Waals surface area contributed by atoms with Crippen LogP contribution in [-0.4, -0.2) is 22.8 Å². The molecule has 7 heteroatoms. The van der Waals surface area contributed by atoms with Crippen molar-refractivity contribution in [3.63, 3.8) is 0 Å². The SMILES string of the molecule is CCOC(=O)C(Cc1ccc(Br)c(Cl)c1)c1n[nH]c(=O)c2ccccc12. The molecule has 0 bridgehead atoms. The van der Waals surface area contributed by atoms with E-state index < -0.39 is 11.9 Å². The Morgan fingerprint density at radius 1 is 1.27 bits per heavy atom. The van der Waals surface area contributed by atoms with Crippen LogP contribution in [0.5, 0.6) is 0 Å². The van der Waals surface area contributed by atoms with Crippen molar-refractivity contribution in [1.82, 2.24) is 10.2 Å². The van der Waals surface area contributed by atoms with Gasteiger partial charge in [-0.1, -0.05) is 35.9 Å². The summed E-state index contributed by atoms with van der Waals surface area (Å²) < 4.78 is 6.03. The van der Waals surface area contributed by atoms with Crippen molar-refractivity contribution in [3.8, 4) is 0 Å². The molecule has 26 heavy (non-hydrogen) atoms. The molecular formula is C19H16BrClN2O3. The van der Waals surface area contributed by atoms with Gasteiger partial charge in [-0.05, 0) is 53.0 Å². The summed E-state index contributed by atoms with van der Waals surface area (Å²) in [6, 6.07) is 12.6. The first-order valence-electron chi connectivity index (χ1n) is 8.09. The Balaban J connectivity index is 2.10. The van der Waals surface area contributed by atoms with E-state index in [1.54, 1.807) is 31.2 Å². The number of nitrogens with one attached hydrogen (secondary N) is 1. The summed E-state index contributed by atoms with van der Waals surface area (Å²) in [6.07, 6.45) is 0.356. The van der Waals surface area contributed by atoms with Gasteiger partial charge in [0.15, 0.2) is 0 Å². The van der Waals surface area contributed by atoms with Gasteiger partial charge in [-0.3, -0.25) is 9.59 Å². The van der Waals surface area contributed by atoms with Gasteiger partial charge in [-0.2, -0.15) is 5.10 Å². The number of aromatic amines is 1. The third-order valence-electron chi connectivity index (χ3n) is 4.05. The predicted molar refractivity (Wildman–Crippen MR) is 105 cm³/mol. The van der Waals surface area contributed by atoms with Gasteiger partial charge in [-0.15, -0.1) is 0 Å². The van der Waals surface area contributed by atoms with Crippen molar-refractivity contribution < 1.29 is 9.53 Å². The summed E-state index contributed by atoms with van der Waals surface area (Å²) in [4.78, 5) is 24.7. The van der Waals surface area contributed by atoms with Crippen LogP contribution in [0.2, 0.25) is 5.02 Å². The van der Waals surface area contributed by atoms with Gasteiger partial charge in [-0.25, -0.2) is 5.10 Å². The number of hydrogen-bond donors (Lipinski definition) is 1. The fourth-order valence-corrected chi connectivity index (χ4v) is 3.29. The molecule has 1 unspecified atom stereocenters. The number of nitrogens with zero attached hydrogens (tertiary/aromatic N) is 1. The minimum atomic E-state index is -0.658. The number of carbonyl (C=O) groups is 1. The zero-order chi connectivity index (χ0) is 18.7. The van der Waals surface area contributed by atoms with Gasteiger partial charge in [0, 0.05) is 9.86 Å². The Kier molecular flexibility index (Phi) is 5.74. The van der Waals surface area contributed by atoms with E-state index in [1.807, 2.05) is 18.2 Å². The second kappa shape index (κ2) is 8.01.